The number of carbonyl (C=O) groups is 1. The molecule has 0 aromatic heterocycles. The van der Waals surface area contributed by atoms with Gasteiger partial charge in [-0.1, -0.05) is 29.8 Å². The predicted octanol–water partition coefficient (Wildman–Crippen LogP) is 2.70. The Balaban J connectivity index is 2.05. The zero-order valence-corrected chi connectivity index (χ0v) is 9.78. The highest BCUT2D eigenvalue weighted by Gasteiger charge is 2.25. The Bertz CT molecular complexity index is 361. The van der Waals surface area contributed by atoms with Crippen molar-refractivity contribution in [2.45, 2.75) is 38.6 Å². The summed E-state index contributed by atoms with van der Waals surface area (Å²) in [6.07, 6.45) is 3.88. The van der Waals surface area contributed by atoms with Crippen molar-refractivity contribution in [2.24, 2.45) is 11.7 Å². The first-order valence-electron chi connectivity index (χ1n) is 6.03. The lowest BCUT2D eigenvalue weighted by atomic mass is 9.82. The molecule has 0 unspecified atom stereocenters. The van der Waals surface area contributed by atoms with E-state index in [-0.39, 0.29) is 5.92 Å². The van der Waals surface area contributed by atoms with Gasteiger partial charge in [0.25, 0.3) is 0 Å². The first kappa shape index (κ1) is 11.3. The first-order valence-corrected chi connectivity index (χ1v) is 6.03. The fraction of sp³-hybridized carbons (Fsp3) is 0.500. The van der Waals surface area contributed by atoms with Crippen LogP contribution < -0.4 is 5.73 Å². The standard InChI is InChI=1S/C14H19NO/c1-10-2-4-11(5-3-10)14(16)12-6-8-13(15)9-7-12/h2-5,12-13H,6-9,15H2,1H3. The van der Waals surface area contributed by atoms with Crippen molar-refractivity contribution in [3.8, 4) is 0 Å². The van der Waals surface area contributed by atoms with E-state index in [1.165, 1.54) is 5.56 Å². The molecule has 16 heavy (non-hydrogen) atoms. The molecule has 1 fully saturated rings. The fourth-order valence-corrected chi connectivity index (χ4v) is 2.33. The second kappa shape index (κ2) is 4.79. The smallest absolute Gasteiger partial charge is 0.165 e. The Morgan fingerprint density at radius 1 is 1.12 bits per heavy atom. The van der Waals surface area contributed by atoms with E-state index < -0.39 is 0 Å². The van der Waals surface area contributed by atoms with Gasteiger partial charge in [-0.2, -0.15) is 0 Å². The van der Waals surface area contributed by atoms with Crippen LogP contribution in [-0.4, -0.2) is 11.8 Å². The molecular formula is C14H19NO. The van der Waals surface area contributed by atoms with Crippen LogP contribution >= 0.6 is 0 Å². The molecule has 1 aromatic carbocycles. The molecule has 0 saturated heterocycles. The average molecular weight is 217 g/mol. The summed E-state index contributed by atoms with van der Waals surface area (Å²) in [5.74, 6) is 0.495. The summed E-state index contributed by atoms with van der Waals surface area (Å²) < 4.78 is 0. The van der Waals surface area contributed by atoms with Crippen LogP contribution in [0, 0.1) is 12.8 Å². The molecule has 0 bridgehead atoms. The Kier molecular flexibility index (Phi) is 3.39. The number of carbonyl (C=O) groups excluding carboxylic acids is 1. The van der Waals surface area contributed by atoms with Crippen LogP contribution in [0.4, 0.5) is 0 Å². The van der Waals surface area contributed by atoms with Gasteiger partial charge < -0.3 is 5.73 Å². The summed E-state index contributed by atoms with van der Waals surface area (Å²) in [6, 6.07) is 8.18. The van der Waals surface area contributed by atoms with Crippen molar-refractivity contribution in [3.63, 3.8) is 0 Å². The summed E-state index contributed by atoms with van der Waals surface area (Å²) in [6.45, 7) is 2.04. The molecule has 2 rings (SSSR count). The highest BCUT2D eigenvalue weighted by molar-refractivity contribution is 5.97. The van der Waals surface area contributed by atoms with E-state index in [1.54, 1.807) is 0 Å². The van der Waals surface area contributed by atoms with Crippen LogP contribution in [0.25, 0.3) is 0 Å². The molecule has 0 radical (unpaired) electrons. The topological polar surface area (TPSA) is 43.1 Å². The van der Waals surface area contributed by atoms with E-state index in [0.29, 0.717) is 11.8 Å². The molecule has 0 aliphatic heterocycles. The third-order valence-electron chi connectivity index (χ3n) is 3.48. The average Bonchev–Trinajstić information content (AvgIpc) is 2.30. The quantitative estimate of drug-likeness (QED) is 0.774. The molecule has 0 amide bonds. The van der Waals surface area contributed by atoms with E-state index >= 15 is 0 Å². The minimum atomic E-state index is 0.197. The van der Waals surface area contributed by atoms with Crippen molar-refractivity contribution < 1.29 is 4.79 Å². The normalized spacial score (nSPS) is 25.4. The molecule has 0 heterocycles. The third-order valence-corrected chi connectivity index (χ3v) is 3.48. The number of hydrogen-bond donors (Lipinski definition) is 1. The van der Waals surface area contributed by atoms with Gasteiger partial charge in [0.05, 0.1) is 0 Å². The van der Waals surface area contributed by atoms with Crippen LogP contribution in [-0.2, 0) is 0 Å². The molecule has 2 heteroatoms. The van der Waals surface area contributed by atoms with Crippen LogP contribution in [0.15, 0.2) is 24.3 Å². The molecule has 1 aliphatic rings. The Morgan fingerprint density at radius 2 is 1.69 bits per heavy atom. The number of Topliss-reactive ketones (excluding diaryl/α,β-unsaturated/α-hetero) is 1. The van der Waals surface area contributed by atoms with Crippen molar-refractivity contribution in [3.05, 3.63) is 35.4 Å². The van der Waals surface area contributed by atoms with E-state index in [4.69, 9.17) is 5.73 Å². The van der Waals surface area contributed by atoms with E-state index in [0.717, 1.165) is 31.2 Å². The van der Waals surface area contributed by atoms with Crippen molar-refractivity contribution in [2.75, 3.05) is 0 Å². The van der Waals surface area contributed by atoms with Gasteiger partial charge in [-0.05, 0) is 32.6 Å². The molecular weight excluding hydrogens is 198 g/mol. The molecule has 0 spiro atoms. The maximum absolute atomic E-state index is 12.2. The lowest BCUT2D eigenvalue weighted by Gasteiger charge is -2.24. The van der Waals surface area contributed by atoms with Gasteiger partial charge in [-0.3, -0.25) is 4.79 Å². The second-order valence-corrected chi connectivity index (χ2v) is 4.84. The molecule has 86 valence electrons. The van der Waals surface area contributed by atoms with Gasteiger partial charge in [0.15, 0.2) is 5.78 Å². The SMILES string of the molecule is Cc1ccc(C(=O)C2CCC(N)CC2)cc1. The highest BCUT2D eigenvalue weighted by Crippen LogP contribution is 2.26. The molecule has 1 aromatic rings. The minimum Gasteiger partial charge on any atom is -0.328 e. The van der Waals surface area contributed by atoms with Gasteiger partial charge in [0.2, 0.25) is 0 Å². The zero-order chi connectivity index (χ0) is 11.5. The number of rotatable bonds is 2. The Hall–Kier alpha value is -1.15. The third kappa shape index (κ3) is 2.50. The second-order valence-electron chi connectivity index (χ2n) is 4.84. The maximum atomic E-state index is 12.2. The largest absolute Gasteiger partial charge is 0.328 e. The van der Waals surface area contributed by atoms with Crippen LogP contribution in [0.3, 0.4) is 0 Å². The minimum absolute atomic E-state index is 0.197. The summed E-state index contributed by atoms with van der Waals surface area (Å²) >= 11 is 0. The molecule has 1 aliphatic carbocycles. The summed E-state index contributed by atoms with van der Waals surface area (Å²) in [5, 5.41) is 0. The number of benzene rings is 1. The summed E-state index contributed by atoms with van der Waals surface area (Å²) in [7, 11) is 0. The van der Waals surface area contributed by atoms with E-state index in [9.17, 15) is 4.79 Å². The van der Waals surface area contributed by atoms with Crippen LogP contribution in [0.5, 0.6) is 0 Å². The van der Waals surface area contributed by atoms with Crippen molar-refractivity contribution in [1.29, 1.82) is 0 Å². The first-order chi connectivity index (χ1) is 7.66. The number of hydrogen-bond acceptors (Lipinski definition) is 2. The summed E-state index contributed by atoms with van der Waals surface area (Å²) in [5.41, 5.74) is 7.89. The zero-order valence-electron chi connectivity index (χ0n) is 9.78. The van der Waals surface area contributed by atoms with Gasteiger partial charge in [0, 0.05) is 17.5 Å². The number of nitrogens with two attached hydrogens (primary N) is 1. The molecule has 0 atom stereocenters. The van der Waals surface area contributed by atoms with Gasteiger partial charge in [-0.25, -0.2) is 0 Å². The van der Waals surface area contributed by atoms with Gasteiger partial charge in [0.1, 0.15) is 0 Å². The van der Waals surface area contributed by atoms with E-state index in [1.807, 2.05) is 31.2 Å². The fourth-order valence-electron chi connectivity index (χ4n) is 2.33. The molecule has 2 N–H and O–H groups in total. The Labute approximate surface area is 96.8 Å². The van der Waals surface area contributed by atoms with Crippen LogP contribution in [0.1, 0.15) is 41.6 Å². The summed E-state index contributed by atoms with van der Waals surface area (Å²) in [4.78, 5) is 12.2. The van der Waals surface area contributed by atoms with Gasteiger partial charge in [-0.15, -0.1) is 0 Å². The monoisotopic (exact) mass is 217 g/mol. The predicted molar refractivity (Wildman–Crippen MR) is 65.4 cm³/mol. The van der Waals surface area contributed by atoms with E-state index in [2.05, 4.69) is 0 Å². The van der Waals surface area contributed by atoms with Crippen LogP contribution in [0.2, 0.25) is 0 Å². The molecule has 1 saturated carbocycles. The number of ketones is 1. The lowest BCUT2D eigenvalue weighted by Crippen LogP contribution is -2.29. The number of aryl methyl sites for hydroxylation is 1. The lowest BCUT2D eigenvalue weighted by molar-refractivity contribution is 0.0885. The van der Waals surface area contributed by atoms with Crippen molar-refractivity contribution in [1.82, 2.24) is 0 Å². The highest BCUT2D eigenvalue weighted by atomic mass is 16.1. The van der Waals surface area contributed by atoms with Gasteiger partial charge >= 0.3 is 0 Å². The maximum Gasteiger partial charge on any atom is 0.165 e. The molecule has 2 nitrogen and oxygen atoms in total. The van der Waals surface area contributed by atoms with Crippen molar-refractivity contribution >= 4 is 5.78 Å². The Morgan fingerprint density at radius 3 is 2.25 bits per heavy atom.